The monoisotopic (exact) mass is 263 g/mol. The summed E-state index contributed by atoms with van der Waals surface area (Å²) in [7, 11) is 0. The average molecular weight is 263 g/mol. The minimum absolute atomic E-state index is 0.736. The van der Waals surface area contributed by atoms with Crippen molar-refractivity contribution in [1.29, 1.82) is 0 Å². The number of ether oxygens (including phenoxy) is 2. The van der Waals surface area contributed by atoms with Gasteiger partial charge in [0.2, 0.25) is 0 Å². The molecule has 5 heteroatoms. The molecule has 0 atom stereocenters. The smallest absolute Gasteiger partial charge is 0.144 e. The van der Waals surface area contributed by atoms with Gasteiger partial charge < -0.3 is 20.1 Å². The van der Waals surface area contributed by atoms with E-state index in [1.54, 1.807) is 0 Å². The lowest BCUT2D eigenvalue weighted by molar-refractivity contribution is 0.0390. The number of hydrogen-bond donors (Lipinski definition) is 1. The quantitative estimate of drug-likeness (QED) is 0.818. The van der Waals surface area contributed by atoms with Crippen molar-refractivity contribution in [2.75, 3.05) is 63.2 Å². The predicted molar refractivity (Wildman–Crippen MR) is 75.8 cm³/mol. The van der Waals surface area contributed by atoms with Crippen molar-refractivity contribution in [2.45, 2.75) is 0 Å². The van der Waals surface area contributed by atoms with E-state index in [-0.39, 0.29) is 0 Å². The molecular formula is C14H21N3O2. The largest absolute Gasteiger partial charge is 0.489 e. The number of benzene rings is 1. The number of para-hydroxylation sites is 1. The SMILES string of the molecule is Nc1cccc2c1N(CCN1CCOCC1)CCO2. The summed E-state index contributed by atoms with van der Waals surface area (Å²) < 4.78 is 11.0. The van der Waals surface area contributed by atoms with E-state index in [4.69, 9.17) is 15.2 Å². The van der Waals surface area contributed by atoms with E-state index in [9.17, 15) is 0 Å². The number of fused-ring (bicyclic) bond motifs is 1. The Morgan fingerprint density at radius 1 is 1.05 bits per heavy atom. The van der Waals surface area contributed by atoms with Crippen molar-refractivity contribution in [3.8, 4) is 5.75 Å². The van der Waals surface area contributed by atoms with Gasteiger partial charge in [-0.05, 0) is 12.1 Å². The van der Waals surface area contributed by atoms with E-state index in [1.807, 2.05) is 18.2 Å². The number of nitrogens with two attached hydrogens (primary N) is 1. The number of anilines is 2. The summed E-state index contributed by atoms with van der Waals surface area (Å²) in [5.41, 5.74) is 7.95. The molecule has 0 aromatic heterocycles. The molecule has 0 bridgehead atoms. The molecule has 2 aliphatic rings. The van der Waals surface area contributed by atoms with E-state index in [2.05, 4.69) is 9.80 Å². The molecule has 2 N–H and O–H groups in total. The fourth-order valence-electron chi connectivity index (χ4n) is 2.68. The molecule has 1 fully saturated rings. The average Bonchev–Trinajstić information content (AvgIpc) is 2.46. The molecule has 5 nitrogen and oxygen atoms in total. The normalized spacial score (nSPS) is 19.9. The fraction of sp³-hybridized carbons (Fsp3) is 0.571. The van der Waals surface area contributed by atoms with E-state index in [0.717, 1.165) is 69.7 Å². The number of nitrogen functional groups attached to an aromatic ring is 1. The van der Waals surface area contributed by atoms with Gasteiger partial charge in [-0.3, -0.25) is 4.90 Å². The summed E-state index contributed by atoms with van der Waals surface area (Å²) in [5.74, 6) is 0.910. The van der Waals surface area contributed by atoms with Gasteiger partial charge in [-0.25, -0.2) is 0 Å². The summed E-state index contributed by atoms with van der Waals surface area (Å²) in [6.07, 6.45) is 0. The minimum atomic E-state index is 0.736. The van der Waals surface area contributed by atoms with Gasteiger partial charge in [-0.1, -0.05) is 6.07 Å². The van der Waals surface area contributed by atoms with E-state index >= 15 is 0 Å². The molecule has 0 saturated carbocycles. The van der Waals surface area contributed by atoms with Crippen LogP contribution in [0.15, 0.2) is 18.2 Å². The lowest BCUT2D eigenvalue weighted by Gasteiger charge is -2.35. The van der Waals surface area contributed by atoms with Crippen LogP contribution in [0.3, 0.4) is 0 Å². The van der Waals surface area contributed by atoms with Crippen LogP contribution in [0.25, 0.3) is 0 Å². The molecular weight excluding hydrogens is 242 g/mol. The van der Waals surface area contributed by atoms with Crippen LogP contribution in [0.4, 0.5) is 11.4 Å². The highest BCUT2D eigenvalue weighted by Crippen LogP contribution is 2.36. The fourth-order valence-corrected chi connectivity index (χ4v) is 2.68. The van der Waals surface area contributed by atoms with E-state index in [1.165, 1.54) is 0 Å². The molecule has 0 amide bonds. The zero-order valence-corrected chi connectivity index (χ0v) is 11.2. The van der Waals surface area contributed by atoms with Crippen molar-refractivity contribution in [3.63, 3.8) is 0 Å². The maximum Gasteiger partial charge on any atom is 0.144 e. The van der Waals surface area contributed by atoms with Crippen LogP contribution in [-0.4, -0.2) is 57.4 Å². The Labute approximate surface area is 113 Å². The maximum absolute atomic E-state index is 6.09. The van der Waals surface area contributed by atoms with Crippen molar-refractivity contribution < 1.29 is 9.47 Å². The van der Waals surface area contributed by atoms with E-state index < -0.39 is 0 Å². The molecule has 0 aliphatic carbocycles. The molecule has 1 saturated heterocycles. The number of hydrogen-bond acceptors (Lipinski definition) is 5. The lowest BCUT2D eigenvalue weighted by Crippen LogP contribution is -2.43. The van der Waals surface area contributed by atoms with Crippen LogP contribution < -0.4 is 15.4 Å². The highest BCUT2D eigenvalue weighted by molar-refractivity contribution is 5.75. The summed E-state index contributed by atoms with van der Waals surface area (Å²) in [6.45, 7) is 7.44. The second-order valence-electron chi connectivity index (χ2n) is 4.98. The van der Waals surface area contributed by atoms with Gasteiger partial charge in [0.05, 0.1) is 25.4 Å². The topological polar surface area (TPSA) is 51.0 Å². The molecule has 104 valence electrons. The van der Waals surface area contributed by atoms with Crippen LogP contribution in [0.5, 0.6) is 5.75 Å². The lowest BCUT2D eigenvalue weighted by atomic mass is 10.2. The maximum atomic E-state index is 6.09. The third kappa shape index (κ3) is 2.77. The summed E-state index contributed by atoms with van der Waals surface area (Å²) in [4.78, 5) is 4.78. The van der Waals surface area contributed by atoms with Gasteiger partial charge in [0.25, 0.3) is 0 Å². The Hall–Kier alpha value is -1.46. The first kappa shape index (κ1) is 12.6. The Morgan fingerprint density at radius 3 is 2.74 bits per heavy atom. The van der Waals surface area contributed by atoms with Gasteiger partial charge in [0, 0.05) is 26.2 Å². The second-order valence-corrected chi connectivity index (χ2v) is 4.98. The molecule has 2 heterocycles. The second kappa shape index (κ2) is 5.67. The molecule has 19 heavy (non-hydrogen) atoms. The molecule has 3 rings (SSSR count). The number of nitrogens with zero attached hydrogens (tertiary/aromatic N) is 2. The Morgan fingerprint density at radius 2 is 1.89 bits per heavy atom. The van der Waals surface area contributed by atoms with E-state index in [0.29, 0.717) is 0 Å². The van der Waals surface area contributed by atoms with Crippen LogP contribution in [-0.2, 0) is 4.74 Å². The van der Waals surface area contributed by atoms with Crippen molar-refractivity contribution in [1.82, 2.24) is 4.90 Å². The number of morpholine rings is 1. The summed E-state index contributed by atoms with van der Waals surface area (Å²) in [6, 6.07) is 5.88. The summed E-state index contributed by atoms with van der Waals surface area (Å²) >= 11 is 0. The molecule has 0 radical (unpaired) electrons. The van der Waals surface area contributed by atoms with Crippen molar-refractivity contribution in [3.05, 3.63) is 18.2 Å². The first-order valence-electron chi connectivity index (χ1n) is 6.91. The van der Waals surface area contributed by atoms with Crippen LogP contribution >= 0.6 is 0 Å². The first-order valence-corrected chi connectivity index (χ1v) is 6.91. The highest BCUT2D eigenvalue weighted by atomic mass is 16.5. The minimum Gasteiger partial charge on any atom is -0.489 e. The summed E-state index contributed by atoms with van der Waals surface area (Å²) in [5, 5.41) is 0. The van der Waals surface area contributed by atoms with Crippen LogP contribution in [0.2, 0.25) is 0 Å². The van der Waals surface area contributed by atoms with Crippen molar-refractivity contribution in [2.24, 2.45) is 0 Å². The predicted octanol–water partition coefficient (Wildman–Crippen LogP) is 0.800. The van der Waals surface area contributed by atoms with Gasteiger partial charge in [-0.15, -0.1) is 0 Å². The molecule has 0 unspecified atom stereocenters. The molecule has 0 spiro atoms. The third-order valence-corrected chi connectivity index (χ3v) is 3.76. The number of rotatable bonds is 3. The Balaban J connectivity index is 1.66. The van der Waals surface area contributed by atoms with Crippen LogP contribution in [0, 0.1) is 0 Å². The Kier molecular flexibility index (Phi) is 3.75. The van der Waals surface area contributed by atoms with Gasteiger partial charge in [0.15, 0.2) is 0 Å². The zero-order valence-electron chi connectivity index (χ0n) is 11.2. The zero-order chi connectivity index (χ0) is 13.1. The first-order chi connectivity index (χ1) is 9.34. The molecule has 1 aromatic carbocycles. The Bertz CT molecular complexity index is 433. The molecule has 2 aliphatic heterocycles. The molecule has 1 aromatic rings. The van der Waals surface area contributed by atoms with Crippen molar-refractivity contribution >= 4 is 11.4 Å². The third-order valence-electron chi connectivity index (χ3n) is 3.76. The van der Waals surface area contributed by atoms with Gasteiger partial charge in [0.1, 0.15) is 18.0 Å². The highest BCUT2D eigenvalue weighted by Gasteiger charge is 2.21. The van der Waals surface area contributed by atoms with Gasteiger partial charge >= 0.3 is 0 Å². The van der Waals surface area contributed by atoms with Gasteiger partial charge in [-0.2, -0.15) is 0 Å². The standard InChI is InChI=1S/C14H21N3O2/c15-12-2-1-3-13-14(12)17(8-11-19-13)5-4-16-6-9-18-10-7-16/h1-3H,4-11,15H2. The van der Waals surface area contributed by atoms with Crippen LogP contribution in [0.1, 0.15) is 0 Å².